The van der Waals surface area contributed by atoms with Crippen LogP contribution in [0.5, 0.6) is 0 Å². The summed E-state index contributed by atoms with van der Waals surface area (Å²) in [6.07, 6.45) is 4.00. The molecule has 106 valence electrons. The Bertz CT molecular complexity index is 560. The molecule has 9 nitrogen and oxygen atoms in total. The van der Waals surface area contributed by atoms with Crippen molar-refractivity contribution in [1.82, 2.24) is 24.7 Å². The Morgan fingerprint density at radius 2 is 2.11 bits per heavy atom. The number of amides is 1. The Hall–Kier alpha value is -1.52. The van der Waals surface area contributed by atoms with Crippen LogP contribution in [-0.2, 0) is 10.0 Å². The van der Waals surface area contributed by atoms with Gasteiger partial charge in [-0.3, -0.25) is 10.2 Å². The highest BCUT2D eigenvalue weighted by Crippen LogP contribution is 2.22. The fourth-order valence-corrected chi connectivity index (χ4v) is 2.95. The van der Waals surface area contributed by atoms with Crippen LogP contribution in [0.4, 0.5) is 0 Å². The van der Waals surface area contributed by atoms with Crippen LogP contribution in [0.2, 0.25) is 0 Å². The minimum atomic E-state index is -3.14. The Morgan fingerprint density at radius 3 is 2.63 bits per heavy atom. The largest absolute Gasteiger partial charge is 0.289 e. The number of nitrogens with zero attached hydrogens (tertiary/aromatic N) is 4. The van der Waals surface area contributed by atoms with Crippen molar-refractivity contribution >= 4 is 15.9 Å². The topological polar surface area (TPSA) is 123 Å². The zero-order valence-electron chi connectivity index (χ0n) is 10.5. The molecule has 0 aliphatic carbocycles. The zero-order valence-corrected chi connectivity index (χ0v) is 11.3. The Kier molecular flexibility index (Phi) is 3.83. The molecule has 1 fully saturated rings. The quantitative estimate of drug-likeness (QED) is 0.395. The second kappa shape index (κ2) is 5.23. The molecule has 0 bridgehead atoms. The van der Waals surface area contributed by atoms with Crippen LogP contribution in [-0.4, -0.2) is 53.0 Å². The van der Waals surface area contributed by atoms with Crippen LogP contribution in [0, 0.1) is 0 Å². The molecule has 1 amide bonds. The number of rotatable bonds is 3. The molecule has 2 heterocycles. The molecule has 3 N–H and O–H groups in total. The fourth-order valence-electron chi connectivity index (χ4n) is 2.07. The molecule has 19 heavy (non-hydrogen) atoms. The molecule has 10 heteroatoms. The summed E-state index contributed by atoms with van der Waals surface area (Å²) in [5.41, 5.74) is 2.13. The lowest BCUT2D eigenvalue weighted by molar-refractivity contribution is 0.0948. The third-order valence-electron chi connectivity index (χ3n) is 3.14. The molecule has 0 atom stereocenters. The molecule has 0 spiro atoms. The molecule has 1 saturated heterocycles. The summed E-state index contributed by atoms with van der Waals surface area (Å²) in [4.78, 5) is 11.3. The van der Waals surface area contributed by atoms with Crippen molar-refractivity contribution in [3.63, 3.8) is 0 Å². The first-order valence-corrected chi connectivity index (χ1v) is 7.64. The van der Waals surface area contributed by atoms with Crippen molar-refractivity contribution in [2.75, 3.05) is 19.3 Å². The Morgan fingerprint density at radius 1 is 1.47 bits per heavy atom. The van der Waals surface area contributed by atoms with E-state index in [1.807, 2.05) is 5.43 Å². The summed E-state index contributed by atoms with van der Waals surface area (Å²) >= 11 is 0. The monoisotopic (exact) mass is 288 g/mol. The van der Waals surface area contributed by atoms with E-state index >= 15 is 0 Å². The molecule has 0 radical (unpaired) electrons. The first kappa shape index (κ1) is 13.9. The maximum absolute atomic E-state index is 11.4. The number of hydrogen-bond acceptors (Lipinski definition) is 6. The summed E-state index contributed by atoms with van der Waals surface area (Å²) in [6, 6.07) is 0.0461. The minimum absolute atomic E-state index is 0.0461. The van der Waals surface area contributed by atoms with Gasteiger partial charge in [-0.05, 0) is 12.8 Å². The van der Waals surface area contributed by atoms with Gasteiger partial charge in [0.25, 0.3) is 5.91 Å². The predicted octanol–water partition coefficient (Wildman–Crippen LogP) is -1.52. The number of carbonyl (C=O) groups excluding carboxylic acids is 1. The summed E-state index contributed by atoms with van der Waals surface area (Å²) in [5.74, 6) is 4.51. The van der Waals surface area contributed by atoms with Gasteiger partial charge >= 0.3 is 0 Å². The highest BCUT2D eigenvalue weighted by Gasteiger charge is 2.26. The zero-order chi connectivity index (χ0) is 14.0. The number of aromatic nitrogens is 3. The van der Waals surface area contributed by atoms with Gasteiger partial charge in [-0.1, -0.05) is 5.21 Å². The van der Waals surface area contributed by atoms with Crippen molar-refractivity contribution in [2.45, 2.75) is 18.9 Å². The lowest BCUT2D eigenvalue weighted by atomic mass is 10.1. The van der Waals surface area contributed by atoms with Crippen LogP contribution in [0.3, 0.4) is 0 Å². The van der Waals surface area contributed by atoms with E-state index in [9.17, 15) is 13.2 Å². The smallest absolute Gasteiger partial charge is 0.287 e. The van der Waals surface area contributed by atoms with Crippen molar-refractivity contribution in [2.24, 2.45) is 5.84 Å². The summed E-state index contributed by atoms with van der Waals surface area (Å²) in [6.45, 7) is 0.892. The van der Waals surface area contributed by atoms with E-state index in [0.717, 1.165) is 0 Å². The number of hydrogen-bond donors (Lipinski definition) is 2. The molecular formula is C9H16N6O3S. The van der Waals surface area contributed by atoms with Crippen molar-refractivity contribution < 1.29 is 13.2 Å². The summed E-state index contributed by atoms with van der Waals surface area (Å²) in [5, 5.41) is 7.60. The van der Waals surface area contributed by atoms with E-state index in [1.54, 1.807) is 4.68 Å². The van der Waals surface area contributed by atoms with E-state index in [4.69, 9.17) is 5.84 Å². The van der Waals surface area contributed by atoms with Gasteiger partial charge in [0, 0.05) is 13.1 Å². The third kappa shape index (κ3) is 3.08. The second-order valence-electron chi connectivity index (χ2n) is 4.45. The number of piperidine rings is 1. The van der Waals surface area contributed by atoms with Gasteiger partial charge in [0.15, 0.2) is 5.69 Å². The number of hydrazine groups is 1. The molecule has 0 unspecified atom stereocenters. The van der Waals surface area contributed by atoms with Crippen LogP contribution in [0.1, 0.15) is 29.4 Å². The second-order valence-corrected chi connectivity index (χ2v) is 6.43. The SMILES string of the molecule is CS(=O)(=O)N1CCC(n2cc(C(=O)NN)nn2)CC1. The van der Waals surface area contributed by atoms with Gasteiger partial charge in [0.2, 0.25) is 10.0 Å². The molecule has 1 aliphatic heterocycles. The minimum Gasteiger partial charge on any atom is -0.289 e. The standard InChI is InChI=1S/C9H16N6O3S/c1-19(17,18)14-4-2-7(3-5-14)15-6-8(12-13-15)9(16)11-10/h6-7H,2-5,10H2,1H3,(H,11,16). The van der Waals surface area contributed by atoms with Crippen molar-refractivity contribution in [3.05, 3.63) is 11.9 Å². The third-order valence-corrected chi connectivity index (χ3v) is 4.44. The average Bonchev–Trinajstić information content (AvgIpc) is 2.86. The average molecular weight is 288 g/mol. The molecular weight excluding hydrogens is 272 g/mol. The van der Waals surface area contributed by atoms with Crippen LogP contribution in [0.15, 0.2) is 6.20 Å². The maximum atomic E-state index is 11.4. The van der Waals surface area contributed by atoms with Gasteiger partial charge < -0.3 is 0 Å². The molecule has 1 aromatic rings. The van der Waals surface area contributed by atoms with Gasteiger partial charge in [0.1, 0.15) is 0 Å². The number of nitrogens with two attached hydrogens (primary N) is 1. The van der Waals surface area contributed by atoms with Crippen LogP contribution in [0.25, 0.3) is 0 Å². The number of carbonyl (C=O) groups is 1. The Labute approximate surface area is 110 Å². The van der Waals surface area contributed by atoms with E-state index in [-0.39, 0.29) is 11.7 Å². The molecule has 1 aromatic heterocycles. The van der Waals surface area contributed by atoms with Gasteiger partial charge in [-0.2, -0.15) is 0 Å². The summed E-state index contributed by atoms with van der Waals surface area (Å²) < 4.78 is 25.8. The molecule has 2 rings (SSSR count). The molecule has 0 saturated carbocycles. The van der Waals surface area contributed by atoms with Crippen molar-refractivity contribution in [1.29, 1.82) is 0 Å². The van der Waals surface area contributed by atoms with E-state index in [2.05, 4.69) is 10.3 Å². The molecule has 0 aromatic carbocycles. The first-order chi connectivity index (χ1) is 8.91. The van der Waals surface area contributed by atoms with Crippen LogP contribution >= 0.6 is 0 Å². The van der Waals surface area contributed by atoms with Crippen molar-refractivity contribution in [3.8, 4) is 0 Å². The lowest BCUT2D eigenvalue weighted by Gasteiger charge is -2.29. The molecule has 1 aliphatic rings. The number of sulfonamides is 1. The number of nitrogen functional groups attached to an aromatic ring is 1. The van der Waals surface area contributed by atoms with Gasteiger partial charge in [-0.15, -0.1) is 5.10 Å². The van der Waals surface area contributed by atoms with Crippen LogP contribution < -0.4 is 11.3 Å². The van der Waals surface area contributed by atoms with E-state index in [1.165, 1.54) is 16.8 Å². The summed E-state index contributed by atoms with van der Waals surface area (Å²) in [7, 11) is -3.14. The highest BCUT2D eigenvalue weighted by molar-refractivity contribution is 7.88. The fraction of sp³-hybridized carbons (Fsp3) is 0.667. The van der Waals surface area contributed by atoms with E-state index in [0.29, 0.717) is 25.9 Å². The maximum Gasteiger partial charge on any atom is 0.287 e. The predicted molar refractivity (Wildman–Crippen MR) is 66.4 cm³/mol. The van der Waals surface area contributed by atoms with Gasteiger partial charge in [0.05, 0.1) is 18.5 Å². The normalized spacial score (nSPS) is 18.4. The lowest BCUT2D eigenvalue weighted by Crippen LogP contribution is -2.38. The first-order valence-electron chi connectivity index (χ1n) is 5.79. The van der Waals surface area contributed by atoms with E-state index < -0.39 is 15.9 Å². The number of nitrogens with one attached hydrogen (secondary N) is 1. The Balaban J connectivity index is 2.02. The highest BCUT2D eigenvalue weighted by atomic mass is 32.2. The van der Waals surface area contributed by atoms with Gasteiger partial charge in [-0.25, -0.2) is 23.2 Å².